The largest absolute Gasteiger partial charge is 0.425 e. The standard InChI is InChI=1S/C19H27N5O2/c1-13(2)19-23-22-18(26-19)10-9-17(25)21-15-7-5-11-24(12-15)16-8-4-6-14(3)20-16/h4,6,8,13,15H,5,7,9-12H2,1-3H3,(H,21,25). The fraction of sp³-hybridized carbons (Fsp3) is 0.579. The van der Waals surface area contributed by atoms with E-state index in [-0.39, 0.29) is 17.9 Å². The number of aryl methyl sites for hydroxylation is 2. The van der Waals surface area contributed by atoms with Gasteiger partial charge in [-0.05, 0) is 31.9 Å². The van der Waals surface area contributed by atoms with E-state index in [1.54, 1.807) is 0 Å². The third-order valence-electron chi connectivity index (χ3n) is 4.53. The molecule has 1 N–H and O–H groups in total. The molecule has 26 heavy (non-hydrogen) atoms. The second-order valence-electron chi connectivity index (χ2n) is 7.18. The van der Waals surface area contributed by atoms with Crippen LogP contribution >= 0.6 is 0 Å². The quantitative estimate of drug-likeness (QED) is 0.855. The summed E-state index contributed by atoms with van der Waals surface area (Å²) in [6.07, 6.45) is 2.87. The number of piperidine rings is 1. The van der Waals surface area contributed by atoms with Crippen molar-refractivity contribution in [2.75, 3.05) is 18.0 Å². The monoisotopic (exact) mass is 357 g/mol. The maximum Gasteiger partial charge on any atom is 0.220 e. The summed E-state index contributed by atoms with van der Waals surface area (Å²) in [6.45, 7) is 7.77. The second kappa shape index (κ2) is 8.29. The van der Waals surface area contributed by atoms with Crippen LogP contribution in [0.1, 0.15) is 56.5 Å². The van der Waals surface area contributed by atoms with Gasteiger partial charge in [0.2, 0.25) is 17.7 Å². The first-order valence-corrected chi connectivity index (χ1v) is 9.31. The van der Waals surface area contributed by atoms with Crippen molar-refractivity contribution in [1.82, 2.24) is 20.5 Å². The molecule has 2 aromatic heterocycles. The number of rotatable bonds is 6. The van der Waals surface area contributed by atoms with Crippen LogP contribution in [0.5, 0.6) is 0 Å². The van der Waals surface area contributed by atoms with Crippen LogP contribution in [0.25, 0.3) is 0 Å². The first kappa shape index (κ1) is 18.4. The highest BCUT2D eigenvalue weighted by atomic mass is 16.4. The van der Waals surface area contributed by atoms with Gasteiger partial charge in [-0.3, -0.25) is 4.79 Å². The summed E-state index contributed by atoms with van der Waals surface area (Å²) in [5, 5.41) is 11.1. The van der Waals surface area contributed by atoms with Crippen molar-refractivity contribution in [2.24, 2.45) is 0 Å². The number of hydrogen-bond acceptors (Lipinski definition) is 6. The molecule has 140 valence electrons. The van der Waals surface area contributed by atoms with E-state index < -0.39 is 0 Å². The zero-order chi connectivity index (χ0) is 18.5. The predicted octanol–water partition coefficient (Wildman–Crippen LogP) is 2.61. The zero-order valence-electron chi connectivity index (χ0n) is 15.7. The summed E-state index contributed by atoms with van der Waals surface area (Å²) in [6, 6.07) is 6.19. The Hall–Kier alpha value is -2.44. The summed E-state index contributed by atoms with van der Waals surface area (Å²) in [4.78, 5) is 19.1. The number of hydrogen-bond donors (Lipinski definition) is 1. The van der Waals surface area contributed by atoms with Gasteiger partial charge < -0.3 is 14.6 Å². The van der Waals surface area contributed by atoms with Gasteiger partial charge in [-0.2, -0.15) is 0 Å². The Balaban J connectivity index is 1.49. The first-order valence-electron chi connectivity index (χ1n) is 9.31. The Bertz CT molecular complexity index is 743. The predicted molar refractivity (Wildman–Crippen MR) is 99.1 cm³/mol. The molecule has 0 bridgehead atoms. The van der Waals surface area contributed by atoms with E-state index in [0.29, 0.717) is 24.6 Å². The van der Waals surface area contributed by atoms with E-state index >= 15 is 0 Å². The maximum atomic E-state index is 12.3. The van der Waals surface area contributed by atoms with E-state index in [1.807, 2.05) is 39.0 Å². The molecule has 0 spiro atoms. The molecule has 1 fully saturated rings. The van der Waals surface area contributed by atoms with Gasteiger partial charge in [0, 0.05) is 43.6 Å². The Morgan fingerprint density at radius 1 is 1.38 bits per heavy atom. The summed E-state index contributed by atoms with van der Waals surface area (Å²) < 4.78 is 5.55. The van der Waals surface area contributed by atoms with Crippen molar-refractivity contribution in [3.63, 3.8) is 0 Å². The van der Waals surface area contributed by atoms with Crippen LogP contribution < -0.4 is 10.2 Å². The van der Waals surface area contributed by atoms with Gasteiger partial charge in [-0.1, -0.05) is 19.9 Å². The molecule has 0 radical (unpaired) electrons. The topological polar surface area (TPSA) is 84.2 Å². The van der Waals surface area contributed by atoms with Crippen molar-refractivity contribution < 1.29 is 9.21 Å². The van der Waals surface area contributed by atoms with Crippen LogP contribution in [-0.2, 0) is 11.2 Å². The number of anilines is 1. The number of amides is 1. The van der Waals surface area contributed by atoms with E-state index in [9.17, 15) is 4.79 Å². The maximum absolute atomic E-state index is 12.3. The van der Waals surface area contributed by atoms with Gasteiger partial charge in [0.15, 0.2) is 0 Å². The van der Waals surface area contributed by atoms with Crippen molar-refractivity contribution in [2.45, 2.75) is 58.4 Å². The van der Waals surface area contributed by atoms with Crippen molar-refractivity contribution in [3.8, 4) is 0 Å². The third-order valence-corrected chi connectivity index (χ3v) is 4.53. The minimum absolute atomic E-state index is 0.0262. The molecule has 1 unspecified atom stereocenters. The summed E-state index contributed by atoms with van der Waals surface area (Å²) in [5.74, 6) is 2.36. The van der Waals surface area contributed by atoms with Gasteiger partial charge >= 0.3 is 0 Å². The van der Waals surface area contributed by atoms with Gasteiger partial charge in [0.1, 0.15) is 5.82 Å². The molecule has 3 rings (SSSR count). The van der Waals surface area contributed by atoms with Crippen molar-refractivity contribution >= 4 is 11.7 Å². The van der Waals surface area contributed by atoms with E-state index in [1.165, 1.54) is 0 Å². The third kappa shape index (κ3) is 4.80. The molecule has 7 nitrogen and oxygen atoms in total. The van der Waals surface area contributed by atoms with E-state index in [4.69, 9.17) is 4.42 Å². The minimum atomic E-state index is 0.0262. The first-order chi connectivity index (χ1) is 12.5. The summed E-state index contributed by atoms with van der Waals surface area (Å²) >= 11 is 0. The molecule has 3 heterocycles. The Kier molecular flexibility index (Phi) is 5.85. The molecule has 0 saturated carbocycles. The number of pyridine rings is 1. The number of carbonyl (C=O) groups excluding carboxylic acids is 1. The Morgan fingerprint density at radius 2 is 2.23 bits per heavy atom. The second-order valence-corrected chi connectivity index (χ2v) is 7.18. The highest BCUT2D eigenvalue weighted by Gasteiger charge is 2.22. The normalized spacial score (nSPS) is 17.5. The fourth-order valence-corrected chi connectivity index (χ4v) is 3.13. The van der Waals surface area contributed by atoms with Crippen LogP contribution in [-0.4, -0.2) is 40.2 Å². The average molecular weight is 357 g/mol. The lowest BCUT2D eigenvalue weighted by molar-refractivity contribution is -0.121. The van der Waals surface area contributed by atoms with Crippen LogP contribution in [0.4, 0.5) is 5.82 Å². The molecule has 7 heteroatoms. The molecular formula is C19H27N5O2. The fourth-order valence-electron chi connectivity index (χ4n) is 3.13. The number of nitrogens with zero attached hydrogens (tertiary/aromatic N) is 4. The van der Waals surface area contributed by atoms with Crippen LogP contribution in [0, 0.1) is 6.92 Å². The lowest BCUT2D eigenvalue weighted by atomic mass is 10.1. The van der Waals surface area contributed by atoms with Crippen molar-refractivity contribution in [1.29, 1.82) is 0 Å². The van der Waals surface area contributed by atoms with Gasteiger partial charge in [-0.15, -0.1) is 10.2 Å². The highest BCUT2D eigenvalue weighted by molar-refractivity contribution is 5.76. The van der Waals surface area contributed by atoms with Gasteiger partial charge in [0.25, 0.3) is 0 Å². The molecule has 0 aliphatic carbocycles. The molecule has 1 saturated heterocycles. The molecule has 2 aromatic rings. The minimum Gasteiger partial charge on any atom is -0.425 e. The van der Waals surface area contributed by atoms with Gasteiger partial charge in [0.05, 0.1) is 0 Å². The molecule has 1 aliphatic rings. The number of nitrogens with one attached hydrogen (secondary N) is 1. The van der Waals surface area contributed by atoms with Crippen LogP contribution in [0.15, 0.2) is 22.6 Å². The molecular weight excluding hydrogens is 330 g/mol. The van der Waals surface area contributed by atoms with Crippen LogP contribution in [0.2, 0.25) is 0 Å². The van der Waals surface area contributed by atoms with Crippen molar-refractivity contribution in [3.05, 3.63) is 35.7 Å². The Morgan fingerprint density at radius 3 is 2.96 bits per heavy atom. The molecule has 0 aromatic carbocycles. The lowest BCUT2D eigenvalue weighted by Crippen LogP contribution is -2.48. The number of aromatic nitrogens is 3. The molecule has 1 amide bonds. The number of carbonyl (C=O) groups is 1. The average Bonchev–Trinajstić information content (AvgIpc) is 3.10. The SMILES string of the molecule is Cc1cccc(N2CCCC(NC(=O)CCc3nnc(C(C)C)o3)C2)n1. The smallest absolute Gasteiger partial charge is 0.220 e. The molecule has 1 atom stereocenters. The zero-order valence-corrected chi connectivity index (χ0v) is 15.7. The van der Waals surface area contributed by atoms with E-state index in [0.717, 1.165) is 37.4 Å². The molecule has 1 aliphatic heterocycles. The summed E-state index contributed by atoms with van der Waals surface area (Å²) in [7, 11) is 0. The Labute approximate surface area is 154 Å². The van der Waals surface area contributed by atoms with E-state index in [2.05, 4.69) is 25.4 Å². The van der Waals surface area contributed by atoms with Gasteiger partial charge in [-0.25, -0.2) is 4.98 Å². The lowest BCUT2D eigenvalue weighted by Gasteiger charge is -2.34. The highest BCUT2D eigenvalue weighted by Crippen LogP contribution is 2.18. The summed E-state index contributed by atoms with van der Waals surface area (Å²) in [5.41, 5.74) is 1.01. The van der Waals surface area contributed by atoms with Crippen LogP contribution in [0.3, 0.4) is 0 Å².